The van der Waals surface area contributed by atoms with Gasteiger partial charge in [0.2, 0.25) is 11.8 Å². The van der Waals surface area contributed by atoms with Gasteiger partial charge < -0.3 is 26.1 Å². The molecule has 0 fully saturated rings. The molecule has 0 atom stereocenters. The van der Waals surface area contributed by atoms with Gasteiger partial charge in [0.1, 0.15) is 11.6 Å². The normalized spacial score (nSPS) is 11.7. The number of nitrogens with zero attached hydrogens (tertiary/aromatic N) is 2. The molecule has 0 saturated carbocycles. The molecule has 45 heavy (non-hydrogen) atoms. The lowest BCUT2D eigenvalue weighted by molar-refractivity contribution is 0.254. The second kappa shape index (κ2) is 15.5. The van der Waals surface area contributed by atoms with Crippen molar-refractivity contribution in [2.75, 3.05) is 29.3 Å². The van der Waals surface area contributed by atoms with Gasteiger partial charge in [-0.1, -0.05) is 77.4 Å². The van der Waals surface area contributed by atoms with E-state index >= 15 is 0 Å². The first-order valence-corrected chi connectivity index (χ1v) is 16.6. The summed E-state index contributed by atoms with van der Waals surface area (Å²) in [5.41, 5.74) is 2.48. The molecular weight excluding hydrogens is 581 g/mol. The Labute approximate surface area is 265 Å². The van der Waals surface area contributed by atoms with Gasteiger partial charge in [-0.15, -0.1) is 0 Å². The molecule has 0 bridgehead atoms. The van der Waals surface area contributed by atoms with E-state index in [0.717, 1.165) is 16.5 Å². The Bertz CT molecular complexity index is 1760. The van der Waals surface area contributed by atoms with Gasteiger partial charge in [-0.25, -0.2) is 9.78 Å². The highest BCUT2D eigenvalue weighted by Gasteiger charge is 2.13. The molecule has 1 aromatic heterocycles. The Morgan fingerprint density at radius 1 is 0.956 bits per heavy atom. The van der Waals surface area contributed by atoms with Crippen molar-refractivity contribution >= 4 is 53.1 Å². The molecule has 0 saturated heterocycles. The summed E-state index contributed by atoms with van der Waals surface area (Å²) in [5.74, 6) is 1.64. The monoisotopic (exact) mass is 619 g/mol. The number of aromatic nitrogens is 2. The van der Waals surface area contributed by atoms with Crippen LogP contribution in [0.25, 0.3) is 10.8 Å². The van der Waals surface area contributed by atoms with E-state index in [2.05, 4.69) is 69.9 Å². The highest BCUT2D eigenvalue weighted by Crippen LogP contribution is 2.34. The number of urea groups is 1. The van der Waals surface area contributed by atoms with E-state index < -0.39 is 6.03 Å². The highest BCUT2D eigenvalue weighted by atomic mass is 31.1. The van der Waals surface area contributed by atoms with Gasteiger partial charge in [-0.3, -0.25) is 5.32 Å². The molecular formula is C35H38N7O2P. The maximum atomic E-state index is 13.3. The molecule has 9 nitrogen and oxygen atoms in total. The van der Waals surface area contributed by atoms with E-state index in [1.807, 2.05) is 50.2 Å². The van der Waals surface area contributed by atoms with Gasteiger partial charge in [-0.2, -0.15) is 4.98 Å². The minimum atomic E-state index is -0.455. The minimum Gasteiger partial charge on any atom is -0.438 e. The second-order valence-corrected chi connectivity index (χ2v) is 12.8. The first-order chi connectivity index (χ1) is 21.7. The number of carbonyl (C=O) groups is 1. The number of anilines is 3. The lowest BCUT2D eigenvalue weighted by atomic mass is 10.1. The number of hydrogen-bond acceptors (Lipinski definition) is 7. The number of benzene rings is 3. The van der Waals surface area contributed by atoms with Crippen molar-refractivity contribution in [2.45, 2.75) is 13.8 Å². The van der Waals surface area contributed by atoms with Gasteiger partial charge in [0, 0.05) is 40.1 Å². The summed E-state index contributed by atoms with van der Waals surface area (Å²) in [6.07, 6.45) is 8.27. The Balaban J connectivity index is 1.54. The molecule has 0 radical (unpaired) electrons. The van der Waals surface area contributed by atoms with Crippen molar-refractivity contribution in [1.82, 2.24) is 15.3 Å². The topological polar surface area (TPSA) is 124 Å². The van der Waals surface area contributed by atoms with Crippen LogP contribution >= 0.6 is 7.92 Å². The Morgan fingerprint density at radius 3 is 2.36 bits per heavy atom. The van der Waals surface area contributed by atoms with Gasteiger partial charge in [0.25, 0.3) is 0 Å². The lowest BCUT2D eigenvalue weighted by Gasteiger charge is -2.17. The number of hydrogen-bond donors (Lipinski definition) is 5. The standard InChI is InChI=1S/C35H38N7O2P/c1-7-11-24(8-2)39-34-37-21-20-33(42-34)44-31-19-18-30(27-12-9-10-13-28(27)31)40-35(43)41-32(22-29(36)23(3)4)38-25-14-16-26(17-15-25)45(5)6/h7-23,36,38H,1-2H2,3-6H3,(H,37,39,42)(H2,40,41,43)/b24-11+,32-22+,36-29?. The number of rotatable bonds is 13. The molecule has 4 aromatic rings. The van der Waals surface area contributed by atoms with Crippen molar-refractivity contribution in [1.29, 1.82) is 5.41 Å². The smallest absolute Gasteiger partial charge is 0.324 e. The lowest BCUT2D eigenvalue weighted by Crippen LogP contribution is -2.32. The number of amides is 2. The third-order valence-corrected chi connectivity index (χ3v) is 7.91. The van der Waals surface area contributed by atoms with E-state index in [4.69, 9.17) is 10.1 Å². The number of ether oxygens (including phenoxy) is 1. The molecule has 2 amide bonds. The molecule has 1 heterocycles. The van der Waals surface area contributed by atoms with Crippen LogP contribution in [0.1, 0.15) is 13.8 Å². The SMILES string of the molecule is C=C/C=C(\C=C)Nc1nccc(Oc2ccc(NC(=O)N/C(=C/C(=N)C(C)C)Nc3ccc(P(C)C)cc3)c3ccccc23)n1. The van der Waals surface area contributed by atoms with Crippen molar-refractivity contribution in [3.8, 4) is 11.6 Å². The van der Waals surface area contributed by atoms with Crippen molar-refractivity contribution < 1.29 is 9.53 Å². The van der Waals surface area contributed by atoms with Crippen LogP contribution in [-0.2, 0) is 0 Å². The van der Waals surface area contributed by atoms with E-state index in [-0.39, 0.29) is 13.8 Å². The van der Waals surface area contributed by atoms with Gasteiger partial charge in [0.15, 0.2) is 0 Å². The van der Waals surface area contributed by atoms with Crippen LogP contribution in [0.15, 0.2) is 122 Å². The largest absolute Gasteiger partial charge is 0.438 e. The van der Waals surface area contributed by atoms with E-state index in [9.17, 15) is 4.79 Å². The summed E-state index contributed by atoms with van der Waals surface area (Å²) >= 11 is 0. The van der Waals surface area contributed by atoms with Crippen molar-refractivity contribution in [3.63, 3.8) is 0 Å². The van der Waals surface area contributed by atoms with E-state index in [1.54, 1.807) is 48.7 Å². The number of nitrogens with one attached hydrogen (secondary N) is 5. The molecule has 0 spiro atoms. The third-order valence-electron chi connectivity index (χ3n) is 6.58. The fourth-order valence-electron chi connectivity index (χ4n) is 4.16. The highest BCUT2D eigenvalue weighted by molar-refractivity contribution is 7.64. The maximum Gasteiger partial charge on any atom is 0.324 e. The van der Waals surface area contributed by atoms with Crippen LogP contribution in [0.5, 0.6) is 11.6 Å². The first-order valence-electron chi connectivity index (χ1n) is 14.3. The maximum absolute atomic E-state index is 13.3. The predicted molar refractivity (Wildman–Crippen MR) is 189 cm³/mol. The molecule has 230 valence electrons. The summed E-state index contributed by atoms with van der Waals surface area (Å²) in [6, 6.07) is 20.5. The summed E-state index contributed by atoms with van der Waals surface area (Å²) in [6.45, 7) is 15.7. The zero-order chi connectivity index (χ0) is 32.3. The van der Waals surface area contributed by atoms with E-state index in [0.29, 0.717) is 40.5 Å². The third kappa shape index (κ3) is 9.11. The van der Waals surface area contributed by atoms with Crippen LogP contribution in [0.4, 0.5) is 22.1 Å². The summed E-state index contributed by atoms with van der Waals surface area (Å²) < 4.78 is 6.16. The average molecular weight is 620 g/mol. The number of carbonyl (C=O) groups excluding carboxylic acids is 1. The van der Waals surface area contributed by atoms with Crippen molar-refractivity contribution in [3.05, 3.63) is 122 Å². The molecule has 0 aliphatic rings. The fraction of sp³-hybridized carbons (Fsp3) is 0.143. The van der Waals surface area contributed by atoms with Crippen LogP contribution < -0.4 is 31.3 Å². The Hall–Kier alpha value is -5.27. The Morgan fingerprint density at radius 2 is 1.69 bits per heavy atom. The molecule has 10 heteroatoms. The van der Waals surface area contributed by atoms with Crippen molar-refractivity contribution in [2.24, 2.45) is 5.92 Å². The van der Waals surface area contributed by atoms with Crippen LogP contribution in [0.3, 0.4) is 0 Å². The van der Waals surface area contributed by atoms with Crippen LogP contribution in [-0.4, -0.2) is 35.0 Å². The Kier molecular flexibility index (Phi) is 11.2. The van der Waals surface area contributed by atoms with Gasteiger partial charge in [-0.05, 0) is 67.0 Å². The summed E-state index contributed by atoms with van der Waals surface area (Å²) in [7, 11) is -0.215. The predicted octanol–water partition coefficient (Wildman–Crippen LogP) is 8.21. The fourth-order valence-corrected chi connectivity index (χ4v) is 4.90. The van der Waals surface area contributed by atoms with Crippen LogP contribution in [0, 0.1) is 11.3 Å². The minimum absolute atomic E-state index is 0.0105. The molecule has 5 N–H and O–H groups in total. The summed E-state index contributed by atoms with van der Waals surface area (Å²) in [5, 5.41) is 23.4. The number of fused-ring (bicyclic) bond motifs is 1. The van der Waals surface area contributed by atoms with Gasteiger partial charge in [0.05, 0.1) is 5.69 Å². The van der Waals surface area contributed by atoms with Crippen LogP contribution in [0.2, 0.25) is 0 Å². The zero-order valence-corrected chi connectivity index (χ0v) is 26.8. The van der Waals surface area contributed by atoms with Gasteiger partial charge >= 0.3 is 6.03 Å². The quantitative estimate of drug-likeness (QED) is 0.0584. The summed E-state index contributed by atoms with van der Waals surface area (Å²) in [4.78, 5) is 22.0. The number of allylic oxidation sites excluding steroid dienone is 4. The molecule has 3 aromatic carbocycles. The van der Waals surface area contributed by atoms with E-state index in [1.165, 1.54) is 5.30 Å². The first kappa shape index (κ1) is 32.6. The molecule has 0 unspecified atom stereocenters. The zero-order valence-electron chi connectivity index (χ0n) is 25.9. The molecule has 4 rings (SSSR count). The average Bonchev–Trinajstić information content (AvgIpc) is 3.02. The molecule has 0 aliphatic carbocycles. The second-order valence-electron chi connectivity index (χ2n) is 10.5. The molecule has 0 aliphatic heterocycles.